The molecule has 1 aromatic carbocycles. The van der Waals surface area contributed by atoms with Gasteiger partial charge in [-0.15, -0.1) is 0 Å². The van der Waals surface area contributed by atoms with Crippen LogP contribution in [0.3, 0.4) is 0 Å². The van der Waals surface area contributed by atoms with Crippen LogP contribution in [0.4, 0.5) is 0 Å². The third kappa shape index (κ3) is 2.73. The fourth-order valence-electron chi connectivity index (χ4n) is 1.01. The Morgan fingerprint density at radius 1 is 1.57 bits per heavy atom. The number of hydrogen-bond acceptors (Lipinski definition) is 2. The lowest BCUT2D eigenvalue weighted by Crippen LogP contribution is -1.91. The van der Waals surface area contributed by atoms with Crippen molar-refractivity contribution in [1.29, 1.82) is 0 Å². The molecule has 0 spiro atoms. The molecule has 1 rings (SSSR count). The number of halogens is 1. The molecule has 1 N–H and O–H groups in total. The summed E-state index contributed by atoms with van der Waals surface area (Å²) in [7, 11) is 1.56. The van der Waals surface area contributed by atoms with Crippen LogP contribution < -0.4 is 4.74 Å². The molecular formula is C10H9IO3. The van der Waals surface area contributed by atoms with Crippen molar-refractivity contribution in [3.05, 3.63) is 33.4 Å². The summed E-state index contributed by atoms with van der Waals surface area (Å²) in [6.07, 6.45) is 2.63. The van der Waals surface area contributed by atoms with E-state index in [2.05, 4.69) is 22.6 Å². The normalized spacial score (nSPS) is 10.4. The minimum atomic E-state index is -0.966. The maximum absolute atomic E-state index is 10.4. The number of methoxy groups -OCH3 is 1. The number of carbonyl (C=O) groups is 1. The predicted octanol–water partition coefficient (Wildman–Crippen LogP) is 2.40. The molecule has 0 unspecified atom stereocenters. The van der Waals surface area contributed by atoms with Crippen LogP contribution in [0.1, 0.15) is 5.56 Å². The first-order chi connectivity index (χ1) is 6.65. The zero-order valence-electron chi connectivity index (χ0n) is 7.53. The predicted molar refractivity (Wildman–Crippen MR) is 62.4 cm³/mol. The van der Waals surface area contributed by atoms with E-state index in [1.807, 2.05) is 12.1 Å². The molecule has 0 atom stereocenters. The second-order valence-corrected chi connectivity index (χ2v) is 3.69. The molecule has 0 aliphatic carbocycles. The Labute approximate surface area is 95.5 Å². The van der Waals surface area contributed by atoms with Gasteiger partial charge in [-0.05, 0) is 40.8 Å². The van der Waals surface area contributed by atoms with Gasteiger partial charge < -0.3 is 9.84 Å². The molecule has 0 aliphatic rings. The van der Waals surface area contributed by atoms with E-state index in [1.54, 1.807) is 13.2 Å². The van der Waals surface area contributed by atoms with E-state index in [0.29, 0.717) is 5.75 Å². The van der Waals surface area contributed by atoms with Crippen LogP contribution in [-0.4, -0.2) is 18.2 Å². The molecule has 1 aromatic rings. The van der Waals surface area contributed by atoms with Crippen molar-refractivity contribution in [1.82, 2.24) is 0 Å². The van der Waals surface area contributed by atoms with Gasteiger partial charge in [0.2, 0.25) is 0 Å². The first-order valence-corrected chi connectivity index (χ1v) is 4.96. The zero-order chi connectivity index (χ0) is 10.6. The number of carboxylic acid groups (broad SMARTS) is 1. The number of aliphatic carboxylic acids is 1. The molecule has 0 amide bonds. The van der Waals surface area contributed by atoms with Crippen molar-refractivity contribution in [2.45, 2.75) is 0 Å². The summed E-state index contributed by atoms with van der Waals surface area (Å²) in [5.41, 5.74) is 0.790. The van der Waals surface area contributed by atoms with Gasteiger partial charge in [0.1, 0.15) is 5.75 Å². The van der Waals surface area contributed by atoms with Crippen molar-refractivity contribution >= 4 is 34.6 Å². The van der Waals surface area contributed by atoms with Gasteiger partial charge in [0, 0.05) is 15.2 Å². The van der Waals surface area contributed by atoms with E-state index in [1.165, 1.54) is 6.08 Å². The van der Waals surface area contributed by atoms with Gasteiger partial charge in [0.15, 0.2) is 0 Å². The third-order valence-electron chi connectivity index (χ3n) is 1.63. The van der Waals surface area contributed by atoms with Crippen LogP contribution >= 0.6 is 22.6 Å². The standard InChI is InChI=1S/C10H9IO3/c1-14-9-4-2-3-8(11)7(9)5-6-10(12)13/h2-6H,1H3,(H,12,13)/b6-5+. The van der Waals surface area contributed by atoms with Crippen LogP contribution in [0, 0.1) is 3.57 Å². The van der Waals surface area contributed by atoms with E-state index in [0.717, 1.165) is 15.2 Å². The maximum atomic E-state index is 10.4. The van der Waals surface area contributed by atoms with Gasteiger partial charge >= 0.3 is 5.97 Å². The summed E-state index contributed by atoms with van der Waals surface area (Å²) in [6, 6.07) is 5.55. The number of ether oxygens (including phenoxy) is 1. The summed E-state index contributed by atoms with van der Waals surface area (Å²) < 4.78 is 6.07. The van der Waals surface area contributed by atoms with Gasteiger partial charge in [-0.3, -0.25) is 0 Å². The molecule has 0 radical (unpaired) electrons. The van der Waals surface area contributed by atoms with E-state index in [-0.39, 0.29) is 0 Å². The van der Waals surface area contributed by atoms with Crippen LogP contribution in [0.25, 0.3) is 6.08 Å². The Morgan fingerprint density at radius 2 is 2.29 bits per heavy atom. The number of carboxylic acids is 1. The minimum Gasteiger partial charge on any atom is -0.496 e. The fraction of sp³-hybridized carbons (Fsp3) is 0.100. The molecule has 74 valence electrons. The summed E-state index contributed by atoms with van der Waals surface area (Å²) in [5.74, 6) is -0.291. The van der Waals surface area contributed by atoms with E-state index in [4.69, 9.17) is 9.84 Å². The van der Waals surface area contributed by atoms with Crippen molar-refractivity contribution in [3.63, 3.8) is 0 Å². The largest absolute Gasteiger partial charge is 0.496 e. The van der Waals surface area contributed by atoms with Gasteiger partial charge in [0.05, 0.1) is 7.11 Å². The summed E-state index contributed by atoms with van der Waals surface area (Å²) in [5, 5.41) is 8.50. The smallest absolute Gasteiger partial charge is 0.328 e. The highest BCUT2D eigenvalue weighted by Crippen LogP contribution is 2.24. The Balaban J connectivity index is 3.11. The summed E-state index contributed by atoms with van der Waals surface area (Å²) >= 11 is 2.13. The molecule has 3 nitrogen and oxygen atoms in total. The Morgan fingerprint density at radius 3 is 2.86 bits per heavy atom. The number of hydrogen-bond donors (Lipinski definition) is 1. The number of benzene rings is 1. The zero-order valence-corrected chi connectivity index (χ0v) is 9.69. The first kappa shape index (κ1) is 11.0. The van der Waals surface area contributed by atoms with Crippen LogP contribution in [0.2, 0.25) is 0 Å². The van der Waals surface area contributed by atoms with Gasteiger partial charge in [-0.2, -0.15) is 0 Å². The third-order valence-corrected chi connectivity index (χ3v) is 2.57. The fourth-order valence-corrected chi connectivity index (χ4v) is 1.66. The van der Waals surface area contributed by atoms with Gasteiger partial charge in [0.25, 0.3) is 0 Å². The van der Waals surface area contributed by atoms with E-state index < -0.39 is 5.97 Å². The monoisotopic (exact) mass is 304 g/mol. The molecule has 0 saturated carbocycles. The Kier molecular flexibility index (Phi) is 3.94. The highest BCUT2D eigenvalue weighted by atomic mass is 127. The van der Waals surface area contributed by atoms with Crippen LogP contribution in [-0.2, 0) is 4.79 Å². The van der Waals surface area contributed by atoms with Crippen LogP contribution in [0.15, 0.2) is 24.3 Å². The molecular weight excluding hydrogens is 295 g/mol. The Bertz CT molecular complexity index is 372. The SMILES string of the molecule is COc1cccc(I)c1/C=C/C(=O)O. The highest BCUT2D eigenvalue weighted by Gasteiger charge is 2.03. The van der Waals surface area contributed by atoms with Crippen molar-refractivity contribution < 1.29 is 14.6 Å². The topological polar surface area (TPSA) is 46.5 Å². The molecule has 4 heteroatoms. The highest BCUT2D eigenvalue weighted by molar-refractivity contribution is 14.1. The average Bonchev–Trinajstić information content (AvgIpc) is 2.15. The average molecular weight is 304 g/mol. The molecule has 0 fully saturated rings. The second kappa shape index (κ2) is 4.99. The van der Waals surface area contributed by atoms with E-state index in [9.17, 15) is 4.79 Å². The summed E-state index contributed by atoms with van der Waals surface area (Å²) in [4.78, 5) is 10.4. The first-order valence-electron chi connectivity index (χ1n) is 3.88. The van der Waals surface area contributed by atoms with Crippen molar-refractivity contribution in [3.8, 4) is 5.75 Å². The Hall–Kier alpha value is -1.04. The second-order valence-electron chi connectivity index (χ2n) is 2.53. The lowest BCUT2D eigenvalue weighted by Gasteiger charge is -2.05. The maximum Gasteiger partial charge on any atom is 0.328 e. The minimum absolute atomic E-state index is 0.675. The molecule has 0 heterocycles. The molecule has 0 saturated heterocycles. The van der Waals surface area contributed by atoms with Crippen molar-refractivity contribution in [2.24, 2.45) is 0 Å². The van der Waals surface area contributed by atoms with Gasteiger partial charge in [-0.1, -0.05) is 6.07 Å². The molecule has 0 bridgehead atoms. The lowest BCUT2D eigenvalue weighted by molar-refractivity contribution is -0.131. The van der Waals surface area contributed by atoms with Crippen LogP contribution in [0.5, 0.6) is 5.75 Å². The molecule has 0 aromatic heterocycles. The molecule has 0 aliphatic heterocycles. The lowest BCUT2D eigenvalue weighted by atomic mass is 10.2. The number of rotatable bonds is 3. The van der Waals surface area contributed by atoms with Gasteiger partial charge in [-0.25, -0.2) is 4.79 Å². The van der Waals surface area contributed by atoms with Crippen molar-refractivity contribution in [2.75, 3.05) is 7.11 Å². The van der Waals surface area contributed by atoms with E-state index >= 15 is 0 Å². The molecule has 14 heavy (non-hydrogen) atoms. The quantitative estimate of drug-likeness (QED) is 0.689. The summed E-state index contributed by atoms with van der Waals surface area (Å²) in [6.45, 7) is 0.